The standard InChI is InChI=1S/C24H33N3O2S/c1-3-29-23-7-5-4-6-22(23)27-15-13-26(14-16-27)18-24(28)25-12-17-30-19-21-10-8-20(2)9-11-21/h4-11H,3,12-19H2,1-2H3,(H,25,28). The summed E-state index contributed by atoms with van der Waals surface area (Å²) in [6.07, 6.45) is 0. The van der Waals surface area contributed by atoms with E-state index >= 15 is 0 Å². The summed E-state index contributed by atoms with van der Waals surface area (Å²) in [4.78, 5) is 16.9. The molecule has 0 unspecified atom stereocenters. The van der Waals surface area contributed by atoms with Gasteiger partial charge < -0.3 is 15.0 Å². The highest BCUT2D eigenvalue weighted by molar-refractivity contribution is 7.98. The predicted molar refractivity (Wildman–Crippen MR) is 127 cm³/mol. The number of rotatable bonds is 10. The molecule has 162 valence electrons. The molecule has 5 nitrogen and oxygen atoms in total. The van der Waals surface area contributed by atoms with Crippen molar-refractivity contribution in [2.45, 2.75) is 19.6 Å². The lowest BCUT2D eigenvalue weighted by molar-refractivity contribution is -0.122. The summed E-state index contributed by atoms with van der Waals surface area (Å²) < 4.78 is 5.76. The van der Waals surface area contributed by atoms with Crippen molar-refractivity contribution in [2.24, 2.45) is 0 Å². The summed E-state index contributed by atoms with van der Waals surface area (Å²) >= 11 is 1.86. The topological polar surface area (TPSA) is 44.8 Å². The number of carbonyl (C=O) groups is 1. The van der Waals surface area contributed by atoms with Crippen molar-refractivity contribution in [2.75, 3.05) is 56.5 Å². The monoisotopic (exact) mass is 427 g/mol. The number of nitrogens with zero attached hydrogens (tertiary/aromatic N) is 2. The molecule has 30 heavy (non-hydrogen) atoms. The summed E-state index contributed by atoms with van der Waals surface area (Å²) in [5, 5.41) is 3.06. The van der Waals surface area contributed by atoms with Gasteiger partial charge in [-0.2, -0.15) is 11.8 Å². The lowest BCUT2D eigenvalue weighted by atomic mass is 10.2. The highest BCUT2D eigenvalue weighted by Gasteiger charge is 2.21. The van der Waals surface area contributed by atoms with Gasteiger partial charge in [-0.15, -0.1) is 0 Å². The summed E-state index contributed by atoms with van der Waals surface area (Å²) in [6.45, 7) is 9.56. The van der Waals surface area contributed by atoms with Gasteiger partial charge in [-0.25, -0.2) is 0 Å². The Balaban J connectivity index is 1.32. The van der Waals surface area contributed by atoms with Crippen LogP contribution in [0.1, 0.15) is 18.1 Å². The summed E-state index contributed by atoms with van der Waals surface area (Å²) in [7, 11) is 0. The van der Waals surface area contributed by atoms with Crippen molar-refractivity contribution in [3.8, 4) is 5.75 Å². The molecule has 2 aromatic carbocycles. The van der Waals surface area contributed by atoms with Crippen molar-refractivity contribution >= 4 is 23.4 Å². The molecule has 1 fully saturated rings. The van der Waals surface area contributed by atoms with E-state index in [0.717, 1.165) is 55.7 Å². The second-order valence-electron chi connectivity index (χ2n) is 7.55. The molecule has 0 radical (unpaired) electrons. The molecule has 3 rings (SSSR count). The van der Waals surface area contributed by atoms with Crippen LogP contribution < -0.4 is 15.0 Å². The molecule has 1 heterocycles. The molecule has 0 saturated carbocycles. The Morgan fingerprint density at radius 2 is 1.80 bits per heavy atom. The summed E-state index contributed by atoms with van der Waals surface area (Å²) in [5.74, 6) is 2.98. The molecule has 0 spiro atoms. The Kier molecular flexibility index (Phi) is 8.90. The number of anilines is 1. The lowest BCUT2D eigenvalue weighted by Gasteiger charge is -2.36. The minimum Gasteiger partial charge on any atom is -0.492 e. The summed E-state index contributed by atoms with van der Waals surface area (Å²) in [6, 6.07) is 16.8. The van der Waals surface area contributed by atoms with Gasteiger partial charge in [0.2, 0.25) is 5.91 Å². The van der Waals surface area contributed by atoms with E-state index in [1.807, 2.05) is 30.8 Å². The number of amides is 1. The Hall–Kier alpha value is -2.18. The first kappa shape index (κ1) is 22.5. The molecule has 1 N–H and O–H groups in total. The Bertz CT molecular complexity index is 789. The SMILES string of the molecule is CCOc1ccccc1N1CCN(CC(=O)NCCSCc2ccc(C)cc2)CC1. The van der Waals surface area contributed by atoms with Crippen LogP contribution in [-0.2, 0) is 10.5 Å². The van der Waals surface area contributed by atoms with Crippen LogP contribution in [-0.4, -0.2) is 62.4 Å². The minimum atomic E-state index is 0.120. The van der Waals surface area contributed by atoms with E-state index in [0.29, 0.717) is 13.2 Å². The van der Waals surface area contributed by atoms with Gasteiger partial charge in [0.05, 0.1) is 18.8 Å². The van der Waals surface area contributed by atoms with E-state index in [1.165, 1.54) is 11.1 Å². The number of benzene rings is 2. The van der Waals surface area contributed by atoms with Gasteiger partial charge >= 0.3 is 0 Å². The van der Waals surface area contributed by atoms with Crippen LogP contribution in [0.2, 0.25) is 0 Å². The molecule has 1 aliphatic heterocycles. The maximum Gasteiger partial charge on any atom is 0.234 e. The normalized spacial score (nSPS) is 14.5. The predicted octanol–water partition coefficient (Wildman–Crippen LogP) is 3.57. The average Bonchev–Trinajstić information content (AvgIpc) is 2.76. The van der Waals surface area contributed by atoms with Crippen LogP contribution in [0.4, 0.5) is 5.69 Å². The van der Waals surface area contributed by atoms with E-state index in [4.69, 9.17) is 4.74 Å². The van der Waals surface area contributed by atoms with Crippen molar-refractivity contribution in [3.05, 3.63) is 59.7 Å². The zero-order chi connectivity index (χ0) is 21.2. The number of nitrogens with one attached hydrogen (secondary N) is 1. The fraction of sp³-hybridized carbons (Fsp3) is 0.458. The molecule has 1 aliphatic rings. The maximum atomic E-state index is 12.3. The van der Waals surface area contributed by atoms with Crippen molar-refractivity contribution < 1.29 is 9.53 Å². The molecule has 0 bridgehead atoms. The van der Waals surface area contributed by atoms with Crippen molar-refractivity contribution in [1.82, 2.24) is 10.2 Å². The Labute approximate surface area is 184 Å². The number of piperazine rings is 1. The van der Waals surface area contributed by atoms with Gasteiger partial charge in [-0.1, -0.05) is 42.0 Å². The number of ether oxygens (including phenoxy) is 1. The Morgan fingerprint density at radius 3 is 2.53 bits per heavy atom. The third-order valence-electron chi connectivity index (χ3n) is 5.20. The zero-order valence-corrected chi connectivity index (χ0v) is 18.9. The molecule has 0 atom stereocenters. The van der Waals surface area contributed by atoms with Gasteiger partial charge in [-0.05, 0) is 31.5 Å². The molecule has 0 aliphatic carbocycles. The van der Waals surface area contributed by atoms with Crippen LogP contribution in [0.5, 0.6) is 5.75 Å². The maximum absolute atomic E-state index is 12.3. The van der Waals surface area contributed by atoms with Crippen LogP contribution >= 0.6 is 11.8 Å². The second kappa shape index (κ2) is 11.9. The largest absolute Gasteiger partial charge is 0.492 e. The first-order chi connectivity index (χ1) is 14.7. The van der Waals surface area contributed by atoms with Crippen molar-refractivity contribution in [1.29, 1.82) is 0 Å². The summed E-state index contributed by atoms with van der Waals surface area (Å²) in [5.41, 5.74) is 3.77. The van der Waals surface area contributed by atoms with Gasteiger partial charge in [0, 0.05) is 44.2 Å². The smallest absolute Gasteiger partial charge is 0.234 e. The zero-order valence-electron chi connectivity index (χ0n) is 18.1. The average molecular weight is 428 g/mol. The van der Waals surface area contributed by atoms with Gasteiger partial charge in [0.1, 0.15) is 5.75 Å². The third kappa shape index (κ3) is 6.96. The van der Waals surface area contributed by atoms with Crippen LogP contribution in [0, 0.1) is 6.92 Å². The van der Waals surface area contributed by atoms with E-state index < -0.39 is 0 Å². The van der Waals surface area contributed by atoms with Crippen LogP contribution in [0.15, 0.2) is 48.5 Å². The van der Waals surface area contributed by atoms with E-state index in [2.05, 4.69) is 58.4 Å². The molecule has 6 heteroatoms. The highest BCUT2D eigenvalue weighted by Crippen LogP contribution is 2.28. The van der Waals surface area contributed by atoms with E-state index in [-0.39, 0.29) is 5.91 Å². The van der Waals surface area contributed by atoms with E-state index in [1.54, 1.807) is 0 Å². The lowest BCUT2D eigenvalue weighted by Crippen LogP contribution is -2.49. The number of hydrogen-bond donors (Lipinski definition) is 1. The highest BCUT2D eigenvalue weighted by atomic mass is 32.2. The fourth-order valence-electron chi connectivity index (χ4n) is 3.54. The molecule has 1 amide bonds. The molecular formula is C24H33N3O2S. The number of aryl methyl sites for hydroxylation is 1. The first-order valence-electron chi connectivity index (χ1n) is 10.7. The molecular weight excluding hydrogens is 394 g/mol. The fourth-order valence-corrected chi connectivity index (χ4v) is 4.36. The van der Waals surface area contributed by atoms with Crippen molar-refractivity contribution in [3.63, 3.8) is 0 Å². The van der Waals surface area contributed by atoms with Crippen LogP contribution in [0.3, 0.4) is 0 Å². The number of hydrogen-bond acceptors (Lipinski definition) is 5. The van der Waals surface area contributed by atoms with Crippen LogP contribution in [0.25, 0.3) is 0 Å². The number of carbonyl (C=O) groups excluding carboxylic acids is 1. The molecule has 1 saturated heterocycles. The molecule has 0 aromatic heterocycles. The minimum absolute atomic E-state index is 0.120. The number of thioether (sulfide) groups is 1. The quantitative estimate of drug-likeness (QED) is 0.588. The van der Waals surface area contributed by atoms with Gasteiger partial charge in [-0.3, -0.25) is 9.69 Å². The van der Waals surface area contributed by atoms with Gasteiger partial charge in [0.25, 0.3) is 0 Å². The van der Waals surface area contributed by atoms with E-state index in [9.17, 15) is 4.79 Å². The Morgan fingerprint density at radius 1 is 1.07 bits per heavy atom. The first-order valence-corrected chi connectivity index (χ1v) is 11.9. The van der Waals surface area contributed by atoms with Gasteiger partial charge in [0.15, 0.2) is 0 Å². The third-order valence-corrected chi connectivity index (χ3v) is 6.23. The number of para-hydroxylation sites is 2. The second-order valence-corrected chi connectivity index (χ2v) is 8.66. The molecule has 2 aromatic rings.